The lowest BCUT2D eigenvalue weighted by molar-refractivity contribution is -0.128. The minimum atomic E-state index is -0.919. The van der Waals surface area contributed by atoms with Crippen molar-refractivity contribution in [2.75, 3.05) is 6.54 Å². The van der Waals surface area contributed by atoms with Crippen LogP contribution < -0.4 is 5.32 Å². The van der Waals surface area contributed by atoms with Crippen LogP contribution in [0.15, 0.2) is 48.5 Å². The normalized spacial score (nSPS) is 17.2. The third kappa shape index (κ3) is 3.59. The van der Waals surface area contributed by atoms with E-state index in [4.69, 9.17) is 0 Å². The smallest absolute Gasteiger partial charge is 0.254 e. The van der Waals surface area contributed by atoms with Crippen molar-refractivity contribution in [2.45, 2.75) is 19.0 Å². The van der Waals surface area contributed by atoms with Gasteiger partial charge in [0, 0.05) is 25.6 Å². The second kappa shape index (κ2) is 6.78. The summed E-state index contributed by atoms with van der Waals surface area (Å²) in [6.45, 7) is 0.833. The zero-order valence-corrected chi connectivity index (χ0v) is 12.8. The number of amides is 2. The molecule has 1 fully saturated rings. The average Bonchev–Trinajstić information content (AvgIpc) is 2.87. The number of likely N-dealkylation sites (tertiary alicyclic amines) is 1. The molecule has 0 radical (unpaired) electrons. The highest BCUT2D eigenvalue weighted by atomic mass is 19.1. The first kappa shape index (κ1) is 16.1. The Balaban J connectivity index is 1.62. The number of hydrogen-bond donors (Lipinski definition) is 1. The summed E-state index contributed by atoms with van der Waals surface area (Å²) in [4.78, 5) is 25.8. The fraction of sp³-hybridized carbons (Fsp3) is 0.222. The number of benzene rings is 2. The highest BCUT2D eigenvalue weighted by molar-refractivity contribution is 5.95. The van der Waals surface area contributed by atoms with Crippen molar-refractivity contribution in [3.8, 4) is 0 Å². The van der Waals surface area contributed by atoms with Gasteiger partial charge < -0.3 is 10.2 Å². The standard InChI is InChI=1S/C18H16F2N2O2/c19-13-6-7-15(16(20)8-13)18(24)21-14-9-17(23)22(11-14)10-12-4-2-1-3-5-12/h1-8,14H,9-11H2,(H,21,24)/t14-/m0/s1. The zero-order chi connectivity index (χ0) is 17.1. The van der Waals surface area contributed by atoms with Crippen LogP contribution >= 0.6 is 0 Å². The van der Waals surface area contributed by atoms with Crippen LogP contribution in [-0.4, -0.2) is 29.3 Å². The molecule has 2 aromatic rings. The molecule has 1 saturated heterocycles. The highest BCUT2D eigenvalue weighted by Crippen LogP contribution is 2.16. The monoisotopic (exact) mass is 330 g/mol. The van der Waals surface area contributed by atoms with Crippen LogP contribution in [-0.2, 0) is 11.3 Å². The van der Waals surface area contributed by atoms with E-state index < -0.39 is 23.6 Å². The maximum Gasteiger partial charge on any atom is 0.254 e. The molecule has 0 aliphatic carbocycles. The number of nitrogens with zero attached hydrogens (tertiary/aromatic N) is 1. The second-order valence-corrected chi connectivity index (χ2v) is 5.76. The van der Waals surface area contributed by atoms with Gasteiger partial charge in [-0.25, -0.2) is 8.78 Å². The lowest BCUT2D eigenvalue weighted by atomic mass is 10.1. The van der Waals surface area contributed by atoms with Crippen molar-refractivity contribution in [1.82, 2.24) is 10.2 Å². The molecular formula is C18H16F2N2O2. The molecule has 6 heteroatoms. The first-order valence-corrected chi connectivity index (χ1v) is 7.60. The van der Waals surface area contributed by atoms with Crippen molar-refractivity contribution in [1.29, 1.82) is 0 Å². The van der Waals surface area contributed by atoms with Gasteiger partial charge in [0.15, 0.2) is 0 Å². The predicted octanol–water partition coefficient (Wildman–Crippen LogP) is 2.50. The third-order valence-electron chi connectivity index (χ3n) is 3.94. The molecule has 0 spiro atoms. The van der Waals surface area contributed by atoms with Crippen LogP contribution in [0.5, 0.6) is 0 Å². The fourth-order valence-corrected chi connectivity index (χ4v) is 2.76. The van der Waals surface area contributed by atoms with Crippen molar-refractivity contribution >= 4 is 11.8 Å². The summed E-state index contributed by atoms with van der Waals surface area (Å²) >= 11 is 0. The average molecular weight is 330 g/mol. The molecule has 124 valence electrons. The topological polar surface area (TPSA) is 49.4 Å². The maximum atomic E-state index is 13.6. The molecule has 4 nitrogen and oxygen atoms in total. The van der Waals surface area contributed by atoms with E-state index in [0.717, 1.165) is 17.7 Å². The molecule has 1 aliphatic heterocycles. The van der Waals surface area contributed by atoms with Gasteiger partial charge >= 0.3 is 0 Å². The summed E-state index contributed by atoms with van der Waals surface area (Å²) in [5, 5.41) is 2.64. The third-order valence-corrected chi connectivity index (χ3v) is 3.94. The molecule has 0 bridgehead atoms. The number of hydrogen-bond acceptors (Lipinski definition) is 2. The van der Waals surface area contributed by atoms with E-state index in [1.165, 1.54) is 0 Å². The van der Waals surface area contributed by atoms with Crippen molar-refractivity contribution in [3.63, 3.8) is 0 Å². The Bertz CT molecular complexity index is 765. The largest absolute Gasteiger partial charge is 0.347 e. The van der Waals surface area contributed by atoms with Crippen molar-refractivity contribution < 1.29 is 18.4 Å². The Kier molecular flexibility index (Phi) is 4.55. The summed E-state index contributed by atoms with van der Waals surface area (Å²) in [6.07, 6.45) is 0.168. The summed E-state index contributed by atoms with van der Waals surface area (Å²) < 4.78 is 26.5. The van der Waals surface area contributed by atoms with E-state index in [9.17, 15) is 18.4 Å². The summed E-state index contributed by atoms with van der Waals surface area (Å²) in [7, 11) is 0. The Morgan fingerprint density at radius 1 is 1.17 bits per heavy atom. The number of carbonyl (C=O) groups excluding carboxylic acids is 2. The van der Waals surface area contributed by atoms with Crippen LogP contribution in [0.25, 0.3) is 0 Å². The number of nitrogens with one attached hydrogen (secondary N) is 1. The number of rotatable bonds is 4. The van der Waals surface area contributed by atoms with E-state index in [2.05, 4.69) is 5.32 Å². The van der Waals surface area contributed by atoms with E-state index in [1.807, 2.05) is 30.3 Å². The van der Waals surface area contributed by atoms with E-state index >= 15 is 0 Å². The van der Waals surface area contributed by atoms with Gasteiger partial charge in [-0.15, -0.1) is 0 Å². The molecule has 1 atom stereocenters. The molecular weight excluding hydrogens is 314 g/mol. The first-order valence-electron chi connectivity index (χ1n) is 7.60. The molecule has 2 aromatic carbocycles. The zero-order valence-electron chi connectivity index (χ0n) is 12.8. The molecule has 2 amide bonds. The second-order valence-electron chi connectivity index (χ2n) is 5.76. The van der Waals surface area contributed by atoms with Gasteiger partial charge in [-0.1, -0.05) is 30.3 Å². The van der Waals surface area contributed by atoms with Crippen molar-refractivity contribution in [2.24, 2.45) is 0 Å². The highest BCUT2D eigenvalue weighted by Gasteiger charge is 2.31. The van der Waals surface area contributed by atoms with E-state index in [-0.39, 0.29) is 17.9 Å². The lowest BCUT2D eigenvalue weighted by Crippen LogP contribution is -2.37. The summed E-state index contributed by atoms with van der Waals surface area (Å²) in [5.74, 6) is -2.37. The molecule has 1 aliphatic rings. The molecule has 0 saturated carbocycles. The lowest BCUT2D eigenvalue weighted by Gasteiger charge is -2.17. The maximum absolute atomic E-state index is 13.6. The molecule has 3 rings (SSSR count). The van der Waals surface area contributed by atoms with Gasteiger partial charge in [0.1, 0.15) is 11.6 Å². The quantitative estimate of drug-likeness (QED) is 0.936. The van der Waals surface area contributed by atoms with Crippen LogP contribution in [0.4, 0.5) is 8.78 Å². The minimum Gasteiger partial charge on any atom is -0.347 e. The van der Waals surface area contributed by atoms with Gasteiger partial charge in [0.05, 0.1) is 11.6 Å². The van der Waals surface area contributed by atoms with Crippen LogP contribution in [0.2, 0.25) is 0 Å². The molecule has 0 unspecified atom stereocenters. The van der Waals surface area contributed by atoms with Gasteiger partial charge in [0.2, 0.25) is 5.91 Å². The predicted molar refractivity (Wildman–Crippen MR) is 84.1 cm³/mol. The van der Waals surface area contributed by atoms with Gasteiger partial charge in [-0.05, 0) is 17.7 Å². The molecule has 0 aromatic heterocycles. The Morgan fingerprint density at radius 2 is 1.92 bits per heavy atom. The molecule has 24 heavy (non-hydrogen) atoms. The first-order chi connectivity index (χ1) is 11.5. The summed E-state index contributed by atoms with van der Waals surface area (Å²) in [6, 6.07) is 11.9. The minimum absolute atomic E-state index is 0.0660. The van der Waals surface area contributed by atoms with Gasteiger partial charge in [-0.3, -0.25) is 9.59 Å². The van der Waals surface area contributed by atoms with Gasteiger partial charge in [0.25, 0.3) is 5.91 Å². The van der Waals surface area contributed by atoms with Gasteiger partial charge in [-0.2, -0.15) is 0 Å². The SMILES string of the molecule is O=C(N[C@H]1CC(=O)N(Cc2ccccc2)C1)c1ccc(F)cc1F. The Morgan fingerprint density at radius 3 is 2.62 bits per heavy atom. The summed E-state index contributed by atoms with van der Waals surface area (Å²) in [5.41, 5.74) is 0.771. The van der Waals surface area contributed by atoms with Crippen LogP contribution in [0.1, 0.15) is 22.3 Å². The van der Waals surface area contributed by atoms with Crippen LogP contribution in [0.3, 0.4) is 0 Å². The number of halogens is 2. The molecule has 1 N–H and O–H groups in total. The molecule has 1 heterocycles. The fourth-order valence-electron chi connectivity index (χ4n) is 2.76. The number of carbonyl (C=O) groups is 2. The van der Waals surface area contributed by atoms with Crippen molar-refractivity contribution in [3.05, 3.63) is 71.3 Å². The Hall–Kier alpha value is -2.76. The van der Waals surface area contributed by atoms with E-state index in [1.54, 1.807) is 4.90 Å². The van der Waals surface area contributed by atoms with E-state index in [0.29, 0.717) is 19.2 Å². The Labute approximate surface area is 138 Å². The van der Waals surface area contributed by atoms with Crippen LogP contribution in [0, 0.1) is 11.6 Å².